The van der Waals surface area contributed by atoms with Gasteiger partial charge in [0.05, 0.1) is 0 Å². The lowest BCUT2D eigenvalue weighted by Crippen LogP contribution is -2.17. The second-order valence-corrected chi connectivity index (χ2v) is 10.3. The molecule has 0 heterocycles. The average molecular weight is 441 g/mol. The van der Waals surface area contributed by atoms with E-state index in [9.17, 15) is 4.79 Å². The van der Waals surface area contributed by atoms with Crippen molar-refractivity contribution in [3.8, 4) is 0 Å². The van der Waals surface area contributed by atoms with Crippen LogP contribution in [0.2, 0.25) is 10.0 Å². The maximum atomic E-state index is 10.7. The van der Waals surface area contributed by atoms with Crippen LogP contribution >= 0.6 is 42.7 Å². The summed E-state index contributed by atoms with van der Waals surface area (Å²) in [7, 11) is 0.422. The summed E-state index contributed by atoms with van der Waals surface area (Å²) in [5.41, 5.74) is 5.48. The van der Waals surface area contributed by atoms with E-state index >= 15 is 0 Å². The smallest absolute Gasteiger partial charge is 0.240 e. The average Bonchev–Trinajstić information content (AvgIpc) is 2.61. The normalized spacial score (nSPS) is 11.8. The number of unbranched alkanes of at least 4 members (excludes halogenated alkanes) is 3. The molecule has 0 fully saturated rings. The third-order valence-corrected chi connectivity index (χ3v) is 7.83. The Morgan fingerprint density at radius 1 is 1.00 bits per heavy atom. The van der Waals surface area contributed by atoms with Gasteiger partial charge in [-0.15, -0.1) is 19.5 Å². The maximum absolute atomic E-state index is 10.7. The van der Waals surface area contributed by atoms with Crippen molar-refractivity contribution in [3.05, 3.63) is 33.8 Å². The van der Waals surface area contributed by atoms with Crippen molar-refractivity contribution in [2.75, 3.05) is 18.5 Å². The minimum absolute atomic E-state index is 0.339. The largest absolute Gasteiger partial charge is 0.368 e. The fourth-order valence-electron chi connectivity index (χ4n) is 2.34. The zero-order valence-corrected chi connectivity index (χ0v) is 19.4. The lowest BCUT2D eigenvalue weighted by Gasteiger charge is -2.16. The van der Waals surface area contributed by atoms with Crippen LogP contribution in [0.1, 0.15) is 70.2 Å². The Morgan fingerprint density at radius 3 is 1.81 bits per heavy atom. The van der Waals surface area contributed by atoms with Gasteiger partial charge in [-0.2, -0.15) is 0 Å². The number of hydrogen-bond donors (Lipinski definition) is 1. The fraction of sp³-hybridized carbons (Fsp3) is 0.650. The number of carbonyl (C=O) groups is 1. The number of rotatable bonds is 11. The van der Waals surface area contributed by atoms with E-state index in [-0.39, 0.29) is 0 Å². The second-order valence-electron chi connectivity index (χ2n) is 6.33. The van der Waals surface area contributed by atoms with Crippen molar-refractivity contribution in [2.24, 2.45) is 5.73 Å². The number of primary amides is 1. The first-order chi connectivity index (χ1) is 12.4. The Labute approximate surface area is 175 Å². The van der Waals surface area contributed by atoms with Gasteiger partial charge in [-0.25, -0.2) is 0 Å². The number of halogens is 3. The fourth-order valence-corrected chi connectivity index (χ4v) is 6.07. The molecule has 0 saturated carbocycles. The molecule has 0 aliphatic heterocycles. The van der Waals surface area contributed by atoms with Crippen molar-refractivity contribution in [2.45, 2.75) is 64.7 Å². The molecule has 0 aliphatic carbocycles. The SMILES string of the molecule is CCCCP(CCCC)CCCC.NC(=O)C(Cl)c1ccc(Cl)cc1Cl. The molecule has 150 valence electrons. The monoisotopic (exact) mass is 439 g/mol. The predicted octanol–water partition coefficient (Wildman–Crippen LogP) is 7.63. The molecule has 1 unspecified atom stereocenters. The summed E-state index contributed by atoms with van der Waals surface area (Å²) >= 11 is 17.1. The van der Waals surface area contributed by atoms with Gasteiger partial charge in [-0.05, 0) is 55.4 Å². The molecule has 6 heteroatoms. The van der Waals surface area contributed by atoms with Gasteiger partial charge in [0.25, 0.3) is 0 Å². The summed E-state index contributed by atoms with van der Waals surface area (Å²) in [4.78, 5) is 10.7. The third-order valence-electron chi connectivity index (χ3n) is 3.97. The van der Waals surface area contributed by atoms with E-state index < -0.39 is 11.3 Å². The quantitative estimate of drug-likeness (QED) is 0.279. The summed E-state index contributed by atoms with van der Waals surface area (Å²) in [5, 5.41) is -0.0850. The predicted molar refractivity (Wildman–Crippen MR) is 120 cm³/mol. The van der Waals surface area contributed by atoms with Crippen LogP contribution in [0.3, 0.4) is 0 Å². The third kappa shape index (κ3) is 11.7. The maximum Gasteiger partial charge on any atom is 0.240 e. The molecule has 1 aromatic carbocycles. The second kappa shape index (κ2) is 16.0. The number of benzene rings is 1. The summed E-state index contributed by atoms with van der Waals surface area (Å²) in [5.74, 6) is -0.633. The highest BCUT2D eigenvalue weighted by Gasteiger charge is 2.17. The summed E-state index contributed by atoms with van der Waals surface area (Å²) in [6.45, 7) is 6.94. The summed E-state index contributed by atoms with van der Waals surface area (Å²) < 4.78 is 0. The number of carbonyl (C=O) groups excluding carboxylic acids is 1. The van der Waals surface area contributed by atoms with Crippen molar-refractivity contribution in [1.29, 1.82) is 0 Å². The molecule has 0 aromatic heterocycles. The Balaban J connectivity index is 0.000000481. The van der Waals surface area contributed by atoms with Gasteiger partial charge >= 0.3 is 0 Å². The molecule has 0 spiro atoms. The number of hydrogen-bond acceptors (Lipinski definition) is 1. The Morgan fingerprint density at radius 2 is 1.46 bits per heavy atom. The highest BCUT2D eigenvalue weighted by Crippen LogP contribution is 2.38. The molecule has 1 rings (SSSR count). The summed E-state index contributed by atoms with van der Waals surface area (Å²) in [6.07, 6.45) is 13.2. The van der Waals surface area contributed by atoms with Crippen molar-refractivity contribution >= 4 is 48.6 Å². The van der Waals surface area contributed by atoms with Crippen LogP contribution in [-0.4, -0.2) is 24.4 Å². The van der Waals surface area contributed by atoms with Crippen LogP contribution in [0.4, 0.5) is 0 Å². The molecule has 0 radical (unpaired) electrons. The zero-order chi connectivity index (χ0) is 19.9. The first kappa shape index (κ1) is 26.0. The van der Waals surface area contributed by atoms with E-state index in [0.717, 1.165) is 0 Å². The minimum Gasteiger partial charge on any atom is -0.368 e. The van der Waals surface area contributed by atoms with Crippen LogP contribution in [0.15, 0.2) is 18.2 Å². The minimum atomic E-state index is -0.912. The van der Waals surface area contributed by atoms with Crippen LogP contribution in [0, 0.1) is 0 Å². The lowest BCUT2D eigenvalue weighted by molar-refractivity contribution is -0.117. The number of nitrogens with two attached hydrogens (primary N) is 1. The molecular formula is C20H33Cl3NOP. The van der Waals surface area contributed by atoms with Crippen LogP contribution < -0.4 is 5.73 Å². The standard InChI is InChI=1S/C12H27P.C8H6Cl3NO/c1-4-7-10-13(11-8-5-2)12-9-6-3;9-4-1-2-5(6(10)3-4)7(11)8(12)13/h4-12H2,1-3H3;1-3,7H,(H2,12,13). The molecular weight excluding hydrogens is 408 g/mol. The topological polar surface area (TPSA) is 43.1 Å². The lowest BCUT2D eigenvalue weighted by atomic mass is 10.1. The molecule has 2 nitrogen and oxygen atoms in total. The van der Waals surface area contributed by atoms with E-state index in [1.54, 1.807) is 30.6 Å². The van der Waals surface area contributed by atoms with Crippen LogP contribution in [0.5, 0.6) is 0 Å². The van der Waals surface area contributed by atoms with Crippen molar-refractivity contribution in [1.82, 2.24) is 0 Å². The van der Waals surface area contributed by atoms with E-state index in [2.05, 4.69) is 20.8 Å². The highest BCUT2D eigenvalue weighted by atomic mass is 35.5. The van der Waals surface area contributed by atoms with E-state index in [1.165, 1.54) is 44.6 Å². The number of amides is 1. The van der Waals surface area contributed by atoms with Gasteiger partial charge in [-0.3, -0.25) is 4.79 Å². The first-order valence-electron chi connectivity index (χ1n) is 9.47. The van der Waals surface area contributed by atoms with Crippen LogP contribution in [0.25, 0.3) is 0 Å². The highest BCUT2D eigenvalue weighted by molar-refractivity contribution is 7.57. The Hall–Kier alpha value is -0.0100. The van der Waals surface area contributed by atoms with Gasteiger partial charge in [0, 0.05) is 10.0 Å². The molecule has 1 aromatic rings. The summed E-state index contributed by atoms with van der Waals surface area (Å²) in [6, 6.07) is 4.69. The van der Waals surface area contributed by atoms with Crippen LogP contribution in [-0.2, 0) is 4.79 Å². The van der Waals surface area contributed by atoms with Crippen molar-refractivity contribution < 1.29 is 4.79 Å². The van der Waals surface area contributed by atoms with Gasteiger partial charge < -0.3 is 5.73 Å². The molecule has 26 heavy (non-hydrogen) atoms. The number of alkyl halides is 1. The molecule has 1 atom stereocenters. The molecule has 0 saturated heterocycles. The Kier molecular flexibility index (Phi) is 16.0. The van der Waals surface area contributed by atoms with E-state index in [1.807, 2.05) is 0 Å². The Bertz CT molecular complexity index is 495. The van der Waals surface area contributed by atoms with Gasteiger partial charge in [0.15, 0.2) is 0 Å². The van der Waals surface area contributed by atoms with E-state index in [0.29, 0.717) is 23.5 Å². The molecule has 2 N–H and O–H groups in total. The van der Waals surface area contributed by atoms with E-state index in [4.69, 9.17) is 40.5 Å². The van der Waals surface area contributed by atoms with Gasteiger partial charge in [-0.1, -0.05) is 69.3 Å². The van der Waals surface area contributed by atoms with Gasteiger partial charge in [0.2, 0.25) is 5.91 Å². The van der Waals surface area contributed by atoms with Crippen molar-refractivity contribution in [3.63, 3.8) is 0 Å². The van der Waals surface area contributed by atoms with Gasteiger partial charge in [0.1, 0.15) is 5.38 Å². The first-order valence-corrected chi connectivity index (χ1v) is 12.6. The molecule has 0 bridgehead atoms. The zero-order valence-electron chi connectivity index (χ0n) is 16.2. The molecule has 1 amide bonds. The molecule has 0 aliphatic rings.